The number of aromatic nitrogens is 1. The first-order valence-corrected chi connectivity index (χ1v) is 6.99. The van der Waals surface area contributed by atoms with Crippen LogP contribution in [0.4, 0.5) is 0 Å². The van der Waals surface area contributed by atoms with E-state index >= 15 is 0 Å². The zero-order valence-electron chi connectivity index (χ0n) is 11.6. The summed E-state index contributed by atoms with van der Waals surface area (Å²) in [5.41, 5.74) is 2.83. The van der Waals surface area contributed by atoms with Gasteiger partial charge in [-0.3, -0.25) is 10.6 Å². The lowest BCUT2D eigenvalue weighted by Crippen LogP contribution is -2.57. The molecule has 0 spiro atoms. The number of hydrogen-bond donors (Lipinski definition) is 2. The van der Waals surface area contributed by atoms with E-state index in [2.05, 4.69) is 67.3 Å². The van der Waals surface area contributed by atoms with Gasteiger partial charge in [0.05, 0.1) is 6.17 Å². The van der Waals surface area contributed by atoms with Crippen LogP contribution in [0.15, 0.2) is 18.3 Å². The third-order valence-corrected chi connectivity index (χ3v) is 4.26. The number of rotatable bonds is 1. The molecule has 4 unspecified atom stereocenters. The van der Waals surface area contributed by atoms with Crippen molar-refractivity contribution in [2.75, 3.05) is 0 Å². The Balaban J connectivity index is 2.01. The molecule has 1 aromatic heterocycles. The molecule has 1 fully saturated rings. The first-order chi connectivity index (χ1) is 8.58. The third kappa shape index (κ3) is 1.73. The Kier molecular flexibility index (Phi) is 2.83. The van der Waals surface area contributed by atoms with Crippen LogP contribution in [-0.4, -0.2) is 16.8 Å². The maximum atomic E-state index is 3.68. The van der Waals surface area contributed by atoms with E-state index in [-0.39, 0.29) is 0 Å². The molecule has 98 valence electrons. The molecule has 1 aliphatic carbocycles. The van der Waals surface area contributed by atoms with Crippen molar-refractivity contribution < 1.29 is 0 Å². The van der Waals surface area contributed by atoms with Gasteiger partial charge in [-0.15, -0.1) is 0 Å². The Morgan fingerprint density at radius 2 is 2.00 bits per heavy atom. The Labute approximate surface area is 109 Å². The normalized spacial score (nSPS) is 34.5. The van der Waals surface area contributed by atoms with E-state index in [0.717, 1.165) is 0 Å². The first kappa shape index (κ1) is 12.0. The lowest BCUT2D eigenvalue weighted by Gasteiger charge is -2.42. The molecule has 0 amide bonds. The van der Waals surface area contributed by atoms with Crippen LogP contribution in [0.25, 0.3) is 6.08 Å². The smallest absolute Gasteiger partial charge is 0.0549 e. The van der Waals surface area contributed by atoms with Crippen LogP contribution >= 0.6 is 0 Å². The lowest BCUT2D eigenvalue weighted by atomic mass is 9.81. The molecule has 0 bridgehead atoms. The van der Waals surface area contributed by atoms with Gasteiger partial charge in [-0.1, -0.05) is 6.08 Å². The standard InChI is InChI=1S/C15H23N3/c1-9(2)18-8-7-13-14(18)6-5-12-10(3)16-11(4)17-15(12)13/h5-12,15-17H,1-4H3. The van der Waals surface area contributed by atoms with Crippen molar-refractivity contribution in [2.45, 2.75) is 52.0 Å². The summed E-state index contributed by atoms with van der Waals surface area (Å²) in [5, 5.41) is 7.25. The Hall–Kier alpha value is -1.06. The molecule has 3 rings (SSSR count). The number of fused-ring (bicyclic) bond motifs is 3. The average Bonchev–Trinajstić information content (AvgIpc) is 2.72. The third-order valence-electron chi connectivity index (χ3n) is 4.26. The molecule has 2 aliphatic rings. The fourth-order valence-electron chi connectivity index (χ4n) is 3.37. The lowest BCUT2D eigenvalue weighted by molar-refractivity contribution is 0.211. The summed E-state index contributed by atoms with van der Waals surface area (Å²) in [6, 6.07) is 3.79. The summed E-state index contributed by atoms with van der Waals surface area (Å²) in [5.74, 6) is 0.553. The Morgan fingerprint density at radius 1 is 1.22 bits per heavy atom. The van der Waals surface area contributed by atoms with Crippen LogP contribution in [0.3, 0.4) is 0 Å². The number of nitrogens with zero attached hydrogens (tertiary/aromatic N) is 1. The Morgan fingerprint density at radius 3 is 2.72 bits per heavy atom. The van der Waals surface area contributed by atoms with Crippen LogP contribution in [0.5, 0.6) is 0 Å². The molecule has 0 aromatic carbocycles. The number of hydrogen-bond acceptors (Lipinski definition) is 2. The summed E-state index contributed by atoms with van der Waals surface area (Å²) in [4.78, 5) is 0. The minimum Gasteiger partial charge on any atom is -0.345 e. The van der Waals surface area contributed by atoms with Crippen molar-refractivity contribution in [2.24, 2.45) is 5.92 Å². The minimum absolute atomic E-state index is 0.378. The van der Waals surface area contributed by atoms with E-state index in [0.29, 0.717) is 30.2 Å². The van der Waals surface area contributed by atoms with Crippen molar-refractivity contribution in [1.82, 2.24) is 15.2 Å². The van der Waals surface area contributed by atoms with Crippen LogP contribution < -0.4 is 10.6 Å². The summed E-state index contributed by atoms with van der Waals surface area (Å²) in [6.45, 7) is 8.95. The molecule has 18 heavy (non-hydrogen) atoms. The minimum atomic E-state index is 0.378. The molecule has 2 heterocycles. The predicted molar refractivity (Wildman–Crippen MR) is 75.3 cm³/mol. The van der Waals surface area contributed by atoms with Gasteiger partial charge in [0.2, 0.25) is 0 Å². The zero-order chi connectivity index (χ0) is 12.9. The van der Waals surface area contributed by atoms with Crippen LogP contribution in [0.1, 0.15) is 51.0 Å². The van der Waals surface area contributed by atoms with Gasteiger partial charge in [-0.25, -0.2) is 0 Å². The molecule has 1 saturated heterocycles. The summed E-state index contributed by atoms with van der Waals surface area (Å²) >= 11 is 0. The molecule has 3 heteroatoms. The van der Waals surface area contributed by atoms with Crippen molar-refractivity contribution >= 4 is 6.08 Å². The highest BCUT2D eigenvalue weighted by Gasteiger charge is 2.36. The molecular weight excluding hydrogens is 222 g/mol. The van der Waals surface area contributed by atoms with Crippen LogP contribution in [-0.2, 0) is 0 Å². The molecule has 0 saturated carbocycles. The summed E-state index contributed by atoms with van der Waals surface area (Å²) < 4.78 is 2.36. The second kappa shape index (κ2) is 4.25. The highest BCUT2D eigenvalue weighted by Crippen LogP contribution is 2.37. The van der Waals surface area contributed by atoms with Gasteiger partial charge >= 0.3 is 0 Å². The monoisotopic (exact) mass is 245 g/mol. The maximum absolute atomic E-state index is 3.68. The molecule has 1 aliphatic heterocycles. The highest BCUT2D eigenvalue weighted by atomic mass is 15.2. The van der Waals surface area contributed by atoms with Gasteiger partial charge in [0.1, 0.15) is 0 Å². The van der Waals surface area contributed by atoms with E-state index < -0.39 is 0 Å². The van der Waals surface area contributed by atoms with Gasteiger partial charge in [-0.05, 0) is 45.4 Å². The van der Waals surface area contributed by atoms with E-state index in [9.17, 15) is 0 Å². The second-order valence-electron chi connectivity index (χ2n) is 5.92. The van der Waals surface area contributed by atoms with E-state index in [4.69, 9.17) is 0 Å². The Bertz CT molecular complexity index is 472. The van der Waals surface area contributed by atoms with E-state index in [1.807, 2.05) is 0 Å². The first-order valence-electron chi connectivity index (χ1n) is 6.99. The van der Waals surface area contributed by atoms with E-state index in [1.54, 1.807) is 0 Å². The summed E-state index contributed by atoms with van der Waals surface area (Å²) in [6.07, 6.45) is 7.26. The van der Waals surface area contributed by atoms with Crippen molar-refractivity contribution in [3.63, 3.8) is 0 Å². The molecule has 2 N–H and O–H groups in total. The highest BCUT2D eigenvalue weighted by molar-refractivity contribution is 5.56. The summed E-state index contributed by atoms with van der Waals surface area (Å²) in [7, 11) is 0. The van der Waals surface area contributed by atoms with Crippen molar-refractivity contribution in [3.8, 4) is 0 Å². The quantitative estimate of drug-likeness (QED) is 0.796. The predicted octanol–water partition coefficient (Wildman–Crippen LogP) is 2.68. The van der Waals surface area contributed by atoms with Gasteiger partial charge in [-0.2, -0.15) is 0 Å². The van der Waals surface area contributed by atoms with E-state index in [1.165, 1.54) is 11.3 Å². The molecule has 3 nitrogen and oxygen atoms in total. The fourth-order valence-corrected chi connectivity index (χ4v) is 3.37. The van der Waals surface area contributed by atoms with Gasteiger partial charge < -0.3 is 4.57 Å². The second-order valence-corrected chi connectivity index (χ2v) is 5.92. The van der Waals surface area contributed by atoms with Gasteiger partial charge in [0.25, 0.3) is 0 Å². The van der Waals surface area contributed by atoms with Crippen LogP contribution in [0, 0.1) is 5.92 Å². The maximum Gasteiger partial charge on any atom is 0.0549 e. The largest absolute Gasteiger partial charge is 0.345 e. The van der Waals surface area contributed by atoms with Gasteiger partial charge in [0.15, 0.2) is 0 Å². The topological polar surface area (TPSA) is 29.0 Å². The molecule has 1 aromatic rings. The molecule has 0 radical (unpaired) electrons. The zero-order valence-corrected chi connectivity index (χ0v) is 11.6. The van der Waals surface area contributed by atoms with Crippen molar-refractivity contribution in [3.05, 3.63) is 29.6 Å². The van der Waals surface area contributed by atoms with Crippen molar-refractivity contribution in [1.29, 1.82) is 0 Å². The SMILES string of the molecule is CC1NC(C)C2C=Cc3c(ccn3C(C)C)C2N1. The fraction of sp³-hybridized carbons (Fsp3) is 0.600. The molecular formula is C15H23N3. The molecule has 4 atom stereocenters. The average molecular weight is 245 g/mol. The van der Waals surface area contributed by atoms with Gasteiger partial charge in [0, 0.05) is 35.9 Å². The number of nitrogens with one attached hydrogen (secondary N) is 2. The van der Waals surface area contributed by atoms with Crippen LogP contribution in [0.2, 0.25) is 0 Å².